The molecule has 0 bridgehead atoms. The van der Waals surface area contributed by atoms with E-state index in [0.29, 0.717) is 5.13 Å². The Hall–Kier alpha value is -2.99. The molecular weight excluding hydrogens is 320 g/mol. The van der Waals surface area contributed by atoms with E-state index in [1.807, 2.05) is 54.6 Å². The molecule has 118 valence electrons. The number of carbonyl (C=O) groups excluding carboxylic acids is 1. The second-order valence-electron chi connectivity index (χ2n) is 5.33. The molecule has 6 heteroatoms. The smallest absolute Gasteiger partial charge is 0.229 e. The van der Waals surface area contributed by atoms with Gasteiger partial charge >= 0.3 is 0 Å². The van der Waals surface area contributed by atoms with Crippen LogP contribution in [0.25, 0.3) is 21.3 Å². The molecule has 0 radical (unpaired) electrons. The Kier molecular flexibility index (Phi) is 3.59. The third kappa shape index (κ3) is 2.47. The lowest BCUT2D eigenvalue weighted by molar-refractivity contribution is 0.0947. The fourth-order valence-corrected chi connectivity index (χ4v) is 3.67. The minimum absolute atomic E-state index is 0.0239. The van der Waals surface area contributed by atoms with Crippen LogP contribution in [0, 0.1) is 0 Å². The van der Waals surface area contributed by atoms with Crippen molar-refractivity contribution in [3.63, 3.8) is 0 Å². The predicted molar refractivity (Wildman–Crippen MR) is 99.1 cm³/mol. The third-order valence-corrected chi connectivity index (χ3v) is 4.65. The molecule has 0 aliphatic rings. The quantitative estimate of drug-likeness (QED) is 0.447. The van der Waals surface area contributed by atoms with Crippen molar-refractivity contribution in [2.75, 3.05) is 5.43 Å². The topological polar surface area (TPSA) is 59.3 Å². The van der Waals surface area contributed by atoms with Gasteiger partial charge in [0.1, 0.15) is 10.3 Å². The summed E-state index contributed by atoms with van der Waals surface area (Å²) in [4.78, 5) is 17.5. The SMILES string of the molecule is CC(=O)n1c2ccccc2c2nc(N/N=C/c3ccccc3)sc21. The highest BCUT2D eigenvalue weighted by Crippen LogP contribution is 2.34. The molecule has 2 heterocycles. The zero-order chi connectivity index (χ0) is 16.5. The lowest BCUT2D eigenvalue weighted by atomic mass is 10.2. The maximum Gasteiger partial charge on any atom is 0.229 e. The van der Waals surface area contributed by atoms with Crippen LogP contribution in [0.4, 0.5) is 5.13 Å². The number of hydrazone groups is 1. The average Bonchev–Trinajstić information content (AvgIpc) is 3.12. The summed E-state index contributed by atoms with van der Waals surface area (Å²) >= 11 is 1.42. The van der Waals surface area contributed by atoms with Gasteiger partial charge in [0.05, 0.1) is 11.7 Å². The van der Waals surface area contributed by atoms with Crippen molar-refractivity contribution in [1.82, 2.24) is 9.55 Å². The first-order valence-corrected chi connectivity index (χ1v) is 8.31. The summed E-state index contributed by atoms with van der Waals surface area (Å²) in [6.45, 7) is 1.56. The maximum atomic E-state index is 12.0. The molecule has 4 aromatic rings. The number of para-hydroxylation sites is 1. The average molecular weight is 334 g/mol. The Morgan fingerprint density at radius 3 is 2.71 bits per heavy atom. The standard InChI is InChI=1S/C18H14N4OS/c1-12(23)22-15-10-6-5-9-14(15)16-17(22)24-18(20-16)21-19-11-13-7-3-2-4-8-13/h2-11H,1H3,(H,20,21)/b19-11+. The van der Waals surface area contributed by atoms with E-state index in [1.165, 1.54) is 11.3 Å². The molecule has 0 spiro atoms. The van der Waals surface area contributed by atoms with E-state index in [-0.39, 0.29) is 5.91 Å². The van der Waals surface area contributed by atoms with Gasteiger partial charge in [0.15, 0.2) is 0 Å². The van der Waals surface area contributed by atoms with Gasteiger partial charge < -0.3 is 0 Å². The van der Waals surface area contributed by atoms with E-state index >= 15 is 0 Å². The van der Waals surface area contributed by atoms with E-state index in [4.69, 9.17) is 0 Å². The molecule has 0 atom stereocenters. The van der Waals surface area contributed by atoms with Gasteiger partial charge in [0.25, 0.3) is 0 Å². The molecule has 0 aliphatic heterocycles. The minimum atomic E-state index is -0.0239. The summed E-state index contributed by atoms with van der Waals surface area (Å²) in [5.41, 5.74) is 5.67. The number of thiazole rings is 1. The summed E-state index contributed by atoms with van der Waals surface area (Å²) in [5.74, 6) is -0.0239. The van der Waals surface area contributed by atoms with Crippen LogP contribution in [-0.2, 0) is 0 Å². The maximum absolute atomic E-state index is 12.0. The highest BCUT2D eigenvalue weighted by atomic mass is 32.1. The Bertz CT molecular complexity index is 1060. The molecule has 24 heavy (non-hydrogen) atoms. The molecule has 1 N–H and O–H groups in total. The Labute approximate surface area is 142 Å². The van der Waals surface area contributed by atoms with E-state index in [1.54, 1.807) is 17.7 Å². The molecule has 0 fully saturated rings. The zero-order valence-corrected chi connectivity index (χ0v) is 13.7. The van der Waals surface area contributed by atoms with Crippen LogP contribution in [0.2, 0.25) is 0 Å². The van der Waals surface area contributed by atoms with E-state index in [0.717, 1.165) is 26.8 Å². The number of hydrogen-bond acceptors (Lipinski definition) is 5. The van der Waals surface area contributed by atoms with Crippen LogP contribution in [0.3, 0.4) is 0 Å². The zero-order valence-electron chi connectivity index (χ0n) is 12.9. The molecule has 2 aromatic carbocycles. The van der Waals surface area contributed by atoms with Gasteiger partial charge in [-0.2, -0.15) is 5.10 Å². The number of nitrogens with one attached hydrogen (secondary N) is 1. The monoisotopic (exact) mass is 334 g/mol. The molecular formula is C18H14N4OS. The van der Waals surface area contributed by atoms with Crippen LogP contribution >= 0.6 is 11.3 Å². The second-order valence-corrected chi connectivity index (χ2v) is 6.30. The largest absolute Gasteiger partial charge is 0.274 e. The fourth-order valence-electron chi connectivity index (χ4n) is 2.68. The van der Waals surface area contributed by atoms with Crippen molar-refractivity contribution >= 4 is 49.8 Å². The van der Waals surface area contributed by atoms with Crippen LogP contribution < -0.4 is 5.43 Å². The van der Waals surface area contributed by atoms with Crippen LogP contribution in [0.1, 0.15) is 17.3 Å². The molecule has 0 saturated carbocycles. The van der Waals surface area contributed by atoms with Crippen molar-refractivity contribution in [3.05, 3.63) is 60.2 Å². The summed E-state index contributed by atoms with van der Waals surface area (Å²) in [7, 11) is 0. The first-order valence-electron chi connectivity index (χ1n) is 7.49. The lowest BCUT2D eigenvalue weighted by Crippen LogP contribution is -2.03. The van der Waals surface area contributed by atoms with Gasteiger partial charge in [-0.1, -0.05) is 59.9 Å². The summed E-state index contributed by atoms with van der Waals surface area (Å²) in [6.07, 6.45) is 1.74. The van der Waals surface area contributed by atoms with Crippen molar-refractivity contribution in [2.24, 2.45) is 5.10 Å². The number of benzene rings is 2. The van der Waals surface area contributed by atoms with Gasteiger partial charge in [0.2, 0.25) is 11.0 Å². The molecule has 0 aliphatic carbocycles. The lowest BCUT2D eigenvalue weighted by Gasteiger charge is -1.99. The van der Waals surface area contributed by atoms with E-state index in [2.05, 4.69) is 15.5 Å². The molecule has 0 unspecified atom stereocenters. The van der Waals surface area contributed by atoms with Crippen molar-refractivity contribution in [1.29, 1.82) is 0 Å². The van der Waals surface area contributed by atoms with Crippen molar-refractivity contribution in [2.45, 2.75) is 6.92 Å². The van der Waals surface area contributed by atoms with E-state index < -0.39 is 0 Å². The Morgan fingerprint density at radius 2 is 1.92 bits per heavy atom. The first-order chi connectivity index (χ1) is 11.7. The predicted octanol–water partition coefficient (Wildman–Crippen LogP) is 4.36. The Morgan fingerprint density at radius 1 is 1.17 bits per heavy atom. The van der Waals surface area contributed by atoms with Crippen LogP contribution in [0.15, 0.2) is 59.7 Å². The second kappa shape index (κ2) is 5.90. The highest BCUT2D eigenvalue weighted by molar-refractivity contribution is 7.22. The van der Waals surface area contributed by atoms with Gasteiger partial charge in [-0.3, -0.25) is 14.8 Å². The summed E-state index contributed by atoms with van der Waals surface area (Å²) in [6, 6.07) is 17.6. The van der Waals surface area contributed by atoms with Gasteiger partial charge in [-0.15, -0.1) is 0 Å². The number of carbonyl (C=O) groups is 1. The first kappa shape index (κ1) is 14.6. The number of nitrogens with zero attached hydrogens (tertiary/aromatic N) is 3. The van der Waals surface area contributed by atoms with Crippen molar-refractivity contribution < 1.29 is 4.79 Å². The number of aromatic nitrogens is 2. The van der Waals surface area contributed by atoms with Gasteiger partial charge in [0, 0.05) is 12.3 Å². The molecule has 0 amide bonds. The normalized spacial score (nSPS) is 11.5. The number of hydrogen-bond donors (Lipinski definition) is 1. The summed E-state index contributed by atoms with van der Waals surface area (Å²) in [5, 5.41) is 5.85. The molecule has 5 nitrogen and oxygen atoms in total. The summed E-state index contributed by atoms with van der Waals surface area (Å²) < 4.78 is 1.70. The molecule has 2 aromatic heterocycles. The van der Waals surface area contributed by atoms with Crippen molar-refractivity contribution in [3.8, 4) is 0 Å². The van der Waals surface area contributed by atoms with Gasteiger partial charge in [-0.25, -0.2) is 4.98 Å². The highest BCUT2D eigenvalue weighted by Gasteiger charge is 2.17. The number of anilines is 1. The number of rotatable bonds is 3. The third-order valence-electron chi connectivity index (χ3n) is 3.70. The molecule has 4 rings (SSSR count). The van der Waals surface area contributed by atoms with E-state index in [9.17, 15) is 4.79 Å². The fraction of sp³-hybridized carbons (Fsp3) is 0.0556. The molecule has 0 saturated heterocycles. The van der Waals surface area contributed by atoms with Gasteiger partial charge in [-0.05, 0) is 11.6 Å². The van der Waals surface area contributed by atoms with Crippen LogP contribution in [-0.4, -0.2) is 21.7 Å². The number of fused-ring (bicyclic) bond motifs is 3. The Balaban J connectivity index is 1.72. The van der Waals surface area contributed by atoms with Crippen LogP contribution in [0.5, 0.6) is 0 Å². The minimum Gasteiger partial charge on any atom is -0.274 e.